The molecule has 0 radical (unpaired) electrons. The Balaban J connectivity index is 0.000000261. The normalized spacial score (nSPS) is 15.0. The smallest absolute Gasteiger partial charge is 0.251 e. The molecule has 21 heteroatoms. The minimum atomic E-state index is -3.39. The van der Waals surface area contributed by atoms with E-state index in [4.69, 9.17) is 5.11 Å². The van der Waals surface area contributed by atoms with E-state index in [0.29, 0.717) is 52.8 Å². The van der Waals surface area contributed by atoms with E-state index >= 15 is 0 Å². The number of anilines is 1. The Labute approximate surface area is 763 Å². The van der Waals surface area contributed by atoms with Gasteiger partial charge >= 0.3 is 0 Å². The Kier molecular flexibility index (Phi) is 41.7. The molecule has 2 saturated heterocycles. The molecule has 0 bridgehead atoms. The van der Waals surface area contributed by atoms with E-state index in [1.165, 1.54) is 67.2 Å². The number of aliphatic hydroxyl groups excluding tert-OH is 1. The van der Waals surface area contributed by atoms with Crippen molar-refractivity contribution in [2.75, 3.05) is 65.3 Å². The van der Waals surface area contributed by atoms with Crippen LogP contribution in [0.25, 0.3) is 16.9 Å². The topological polar surface area (TPSA) is 232 Å². The second kappa shape index (κ2) is 48.5. The first-order valence-corrected chi connectivity index (χ1v) is 50.0. The van der Waals surface area contributed by atoms with Gasteiger partial charge in [-0.15, -0.1) is 0 Å². The molecule has 2 unspecified atom stereocenters. The number of hydrogen-bond donors (Lipinski definition) is 5. The quantitative estimate of drug-likeness (QED) is 0.0399. The summed E-state index contributed by atoms with van der Waals surface area (Å²) >= 11 is 0. The average molecular weight is 1790 g/mol. The number of amides is 1. The lowest BCUT2D eigenvalue weighted by atomic mass is 9.77. The monoisotopic (exact) mass is 1790 g/mol. The van der Waals surface area contributed by atoms with Crippen molar-refractivity contribution in [2.24, 2.45) is 0 Å². The third-order valence-corrected chi connectivity index (χ3v) is 28.3. The number of benzene rings is 7. The fourth-order valence-corrected chi connectivity index (χ4v) is 20.3. The van der Waals surface area contributed by atoms with Crippen molar-refractivity contribution >= 4 is 41.7 Å². The van der Waals surface area contributed by atoms with Crippen molar-refractivity contribution in [1.29, 1.82) is 0 Å². The Morgan fingerprint density at radius 1 is 0.532 bits per heavy atom. The molecular formula is C105H160N10O8S3. The van der Waals surface area contributed by atoms with E-state index < -0.39 is 30.1 Å². The standard InChI is InChI=1S/C18H30N2.C16H25NO2S.C16H25NO2.C15H25NO2S.C14H23NO2S.2C13H16N2/c1-13(2)20-16-10-6-9-15(18(3,4)5)17(16)14-8-7-11-19-12-14;1-13-9-7-8-12-17(13)20(18,19)15-11-6-5-10-14(15)16(2,3)4;1-16(2,3)14-9-7-8-13(12-14)15(19)17-10-5-4-6-11-18;1-6-7-12-16(5)19(17,18)14-11-9-8-10-13(14)15(2,3)4;1-6-11-15(5)18(16,17)13-10-8-7-9-12(13)14(2,3)4;1-13(2,3)11-6-4-5-10(7-11)12-8-14-9-15-12;1-13(2,3)11-5-4-6-12(9-11)15-8-7-14-10-15/h6,9-10,13-14,19-20H,7-8,11-12H2,1-5H3;5-6,10-11,13H,7-9,12H2,1-4H3;7-9,12,18H,4-6,10-11H2,1-3H3,(H,17,19);8-11H,6-7,12H2,1-5H3;7-10H,6,11H2,1-5H3;4-9H,1-3H3,(H,14,15);4-10H,1-3H3. The first kappa shape index (κ1) is 108. The summed E-state index contributed by atoms with van der Waals surface area (Å²) in [6, 6.07) is 54.2. The molecule has 5 N–H and O–H groups in total. The van der Waals surface area contributed by atoms with Gasteiger partial charge in [-0.3, -0.25) is 4.79 Å². The Morgan fingerprint density at radius 2 is 1.03 bits per heavy atom. The molecule has 0 aliphatic carbocycles. The van der Waals surface area contributed by atoms with Crippen LogP contribution in [-0.2, 0) is 68.0 Å². The van der Waals surface area contributed by atoms with Crippen LogP contribution in [0.4, 0.5) is 5.69 Å². The Bertz CT molecular complexity index is 5020. The number of rotatable bonds is 22. The molecular weight excluding hydrogens is 1630 g/mol. The van der Waals surface area contributed by atoms with Gasteiger partial charge in [-0.1, -0.05) is 281 Å². The minimum Gasteiger partial charge on any atom is -0.396 e. The van der Waals surface area contributed by atoms with Crippen LogP contribution in [0.3, 0.4) is 0 Å². The number of aromatic nitrogens is 4. The molecule has 126 heavy (non-hydrogen) atoms. The number of nitrogens with one attached hydrogen (secondary N) is 4. The predicted octanol–water partition coefficient (Wildman–Crippen LogP) is 23.7. The fourth-order valence-electron chi connectivity index (χ4n) is 14.9. The second-order valence-electron chi connectivity index (χ2n) is 41.0. The zero-order chi connectivity index (χ0) is 94.5. The number of hydrogen-bond acceptors (Lipinski definition) is 12. The summed E-state index contributed by atoms with van der Waals surface area (Å²) in [6.07, 6.45) is 20.1. The van der Waals surface area contributed by atoms with Gasteiger partial charge < -0.3 is 30.6 Å². The van der Waals surface area contributed by atoms with Crippen molar-refractivity contribution in [3.63, 3.8) is 0 Å². The maximum absolute atomic E-state index is 13.0. The SMILES string of the molecule is CC(C)(C)c1cccc(-c2cnc[nH]2)c1.CC(C)(C)c1cccc(-n2ccnc2)c1.CC(C)(C)c1cccc(C(=O)NCCCCCO)c1.CC(C)Nc1cccc(C(C)(C)C)c1C1CCCNC1.CC1CCCCN1S(=O)(=O)c1ccccc1C(C)(C)C.CCCCN(C)S(=O)(=O)c1ccccc1C(C)(C)C.CCCN(C)S(=O)(=O)c1ccccc1C(C)(C)C. The van der Waals surface area contributed by atoms with E-state index in [2.05, 4.69) is 228 Å². The molecule has 0 spiro atoms. The molecule has 696 valence electrons. The van der Waals surface area contributed by atoms with Gasteiger partial charge in [0.1, 0.15) is 0 Å². The van der Waals surface area contributed by atoms with Crippen LogP contribution >= 0.6 is 0 Å². The van der Waals surface area contributed by atoms with E-state index in [1.54, 1.807) is 66.8 Å². The van der Waals surface area contributed by atoms with Gasteiger partial charge in [0.15, 0.2) is 0 Å². The molecule has 2 fully saturated rings. The van der Waals surface area contributed by atoms with Gasteiger partial charge in [0.05, 0.1) is 39.2 Å². The number of carbonyl (C=O) groups excluding carboxylic acids is 1. The summed E-state index contributed by atoms with van der Waals surface area (Å²) in [5.74, 6) is 0.621. The van der Waals surface area contributed by atoms with E-state index in [0.717, 1.165) is 92.3 Å². The zero-order valence-corrected chi connectivity index (χ0v) is 84.6. The number of sulfonamides is 3. The van der Waals surface area contributed by atoms with Gasteiger partial charge in [0, 0.05) is 94.8 Å². The second-order valence-corrected chi connectivity index (χ2v) is 46.9. The highest BCUT2D eigenvalue weighted by molar-refractivity contribution is 7.89. The van der Waals surface area contributed by atoms with Crippen molar-refractivity contribution in [3.05, 3.63) is 245 Å². The minimum absolute atomic E-state index is 0.0184. The molecule has 2 aliphatic heterocycles. The number of aliphatic hydroxyl groups is 1. The number of nitrogens with zero attached hydrogens (tertiary/aromatic N) is 6. The molecule has 7 aromatic carbocycles. The lowest BCUT2D eigenvalue weighted by molar-refractivity contribution is 0.0952. The molecule has 2 aromatic heterocycles. The lowest BCUT2D eigenvalue weighted by Crippen LogP contribution is -2.42. The summed E-state index contributed by atoms with van der Waals surface area (Å²) < 4.78 is 82.9. The summed E-state index contributed by atoms with van der Waals surface area (Å²) in [6.45, 7) is 60.5. The van der Waals surface area contributed by atoms with Crippen LogP contribution in [0.2, 0.25) is 0 Å². The summed E-state index contributed by atoms with van der Waals surface area (Å²) in [5.41, 5.74) is 15.1. The molecule has 9 aromatic rings. The largest absolute Gasteiger partial charge is 0.396 e. The van der Waals surface area contributed by atoms with Crippen molar-refractivity contribution in [1.82, 2.24) is 43.1 Å². The lowest BCUT2D eigenvalue weighted by Gasteiger charge is -2.34. The highest BCUT2D eigenvalue weighted by Gasteiger charge is 2.36. The van der Waals surface area contributed by atoms with Crippen LogP contribution in [0, 0.1) is 0 Å². The summed E-state index contributed by atoms with van der Waals surface area (Å²) in [5, 5.41) is 18.8. The van der Waals surface area contributed by atoms with Gasteiger partial charge in [0.2, 0.25) is 30.1 Å². The van der Waals surface area contributed by atoms with Gasteiger partial charge in [0.25, 0.3) is 5.91 Å². The zero-order valence-electron chi connectivity index (χ0n) is 82.1. The fraction of sp³-hybridized carbons (Fsp3) is 0.533. The van der Waals surface area contributed by atoms with Crippen molar-refractivity contribution in [2.45, 2.75) is 321 Å². The maximum Gasteiger partial charge on any atom is 0.251 e. The number of piperidine rings is 2. The molecule has 4 heterocycles. The van der Waals surface area contributed by atoms with Gasteiger partial charge in [-0.2, -0.15) is 4.31 Å². The predicted molar refractivity (Wildman–Crippen MR) is 530 cm³/mol. The van der Waals surface area contributed by atoms with Crippen molar-refractivity contribution in [3.8, 4) is 16.9 Å². The molecule has 2 atom stereocenters. The maximum atomic E-state index is 13.0. The number of carbonyl (C=O) groups is 1. The van der Waals surface area contributed by atoms with Crippen LogP contribution in [-0.4, -0.2) is 141 Å². The number of H-pyrrole nitrogens is 1. The number of unbranched alkanes of at least 4 members (excludes halogenated alkanes) is 3. The third kappa shape index (κ3) is 33.4. The van der Waals surface area contributed by atoms with Crippen LogP contribution < -0.4 is 16.0 Å². The van der Waals surface area contributed by atoms with Crippen LogP contribution in [0.5, 0.6) is 0 Å². The molecule has 1 amide bonds. The summed E-state index contributed by atoms with van der Waals surface area (Å²) in [7, 11) is -6.87. The molecule has 0 saturated carbocycles. The molecule has 18 nitrogen and oxygen atoms in total. The summed E-state index contributed by atoms with van der Waals surface area (Å²) in [4.78, 5) is 24.5. The van der Waals surface area contributed by atoms with Crippen molar-refractivity contribution < 1.29 is 35.2 Å². The third-order valence-electron chi connectivity index (χ3n) is 22.4. The highest BCUT2D eigenvalue weighted by atomic mass is 32.2. The first-order chi connectivity index (χ1) is 58.6. The Hall–Kier alpha value is -8.12. The van der Waals surface area contributed by atoms with E-state index in [-0.39, 0.29) is 56.5 Å². The average Bonchev–Trinajstić information content (AvgIpc) is 0.902. The van der Waals surface area contributed by atoms with E-state index in [9.17, 15) is 30.0 Å². The van der Waals surface area contributed by atoms with E-state index in [1.807, 2.05) is 139 Å². The molecule has 2 aliphatic rings. The van der Waals surface area contributed by atoms with Crippen LogP contribution in [0.15, 0.2) is 210 Å². The molecule has 11 rings (SSSR count). The van der Waals surface area contributed by atoms with Crippen LogP contribution in [0.1, 0.15) is 311 Å². The van der Waals surface area contributed by atoms with Gasteiger partial charge in [-0.05, 0) is 234 Å². The number of imidazole rings is 2. The Morgan fingerprint density at radius 3 is 1.51 bits per heavy atom. The van der Waals surface area contributed by atoms with Gasteiger partial charge in [-0.25, -0.2) is 43.8 Å². The highest BCUT2D eigenvalue weighted by Crippen LogP contribution is 2.40. The first-order valence-electron chi connectivity index (χ1n) is 45.7. The number of aromatic amines is 1.